The minimum Gasteiger partial charge on any atom is -0.311 e. The third-order valence-corrected chi connectivity index (χ3v) is 2.62. The van der Waals surface area contributed by atoms with E-state index in [1.165, 1.54) is 10.9 Å². The van der Waals surface area contributed by atoms with E-state index in [1.807, 2.05) is 30.5 Å². The van der Waals surface area contributed by atoms with E-state index in [2.05, 4.69) is 42.4 Å². The highest BCUT2D eigenvalue weighted by Crippen LogP contribution is 2.17. The smallest absolute Gasteiger partial charge is 0.0707 e. The van der Waals surface area contributed by atoms with E-state index in [9.17, 15) is 0 Å². The molecule has 0 aliphatic carbocycles. The van der Waals surface area contributed by atoms with Gasteiger partial charge in [-0.05, 0) is 17.7 Å². The van der Waals surface area contributed by atoms with Gasteiger partial charge < -0.3 is 5.32 Å². The minimum atomic E-state index is 0.522. The fraction of sp³-hybridized carbons (Fsp3) is 0.267. The summed E-state index contributed by atoms with van der Waals surface area (Å²) < 4.78 is 0. The summed E-state index contributed by atoms with van der Waals surface area (Å²) in [6.07, 6.45) is 6.17. The molecule has 0 spiro atoms. The molecule has 2 rings (SSSR count). The van der Waals surface area contributed by atoms with Crippen LogP contribution in [0.25, 0.3) is 17.0 Å². The van der Waals surface area contributed by atoms with Gasteiger partial charge in [-0.2, -0.15) is 0 Å². The Morgan fingerprint density at radius 2 is 2.06 bits per heavy atom. The van der Waals surface area contributed by atoms with Gasteiger partial charge in [-0.3, -0.25) is 4.98 Å². The number of aromatic nitrogens is 1. The Bertz CT molecular complexity index is 510. The molecule has 2 aromatic rings. The molecule has 0 amide bonds. The van der Waals surface area contributed by atoms with Crippen molar-refractivity contribution < 1.29 is 0 Å². The van der Waals surface area contributed by atoms with Crippen molar-refractivity contribution in [1.29, 1.82) is 0 Å². The monoisotopic (exact) mass is 226 g/mol. The summed E-state index contributed by atoms with van der Waals surface area (Å²) in [5, 5.41) is 4.57. The van der Waals surface area contributed by atoms with Gasteiger partial charge in [0.25, 0.3) is 0 Å². The second-order valence-corrected chi connectivity index (χ2v) is 4.38. The predicted octanol–water partition coefficient (Wildman–Crippen LogP) is 3.25. The number of pyridine rings is 1. The van der Waals surface area contributed by atoms with Crippen LogP contribution < -0.4 is 5.32 Å². The van der Waals surface area contributed by atoms with Crippen molar-refractivity contribution in [3.05, 3.63) is 48.2 Å². The van der Waals surface area contributed by atoms with Crippen LogP contribution in [0.4, 0.5) is 0 Å². The van der Waals surface area contributed by atoms with E-state index in [-0.39, 0.29) is 0 Å². The van der Waals surface area contributed by atoms with E-state index < -0.39 is 0 Å². The van der Waals surface area contributed by atoms with Gasteiger partial charge in [0.15, 0.2) is 0 Å². The molecule has 0 aliphatic rings. The fourth-order valence-electron chi connectivity index (χ4n) is 1.75. The molecule has 0 atom stereocenters. The Morgan fingerprint density at radius 3 is 2.88 bits per heavy atom. The molecule has 1 heterocycles. The quantitative estimate of drug-likeness (QED) is 0.865. The lowest BCUT2D eigenvalue weighted by atomic mass is 10.1. The van der Waals surface area contributed by atoms with Gasteiger partial charge in [-0.1, -0.05) is 44.2 Å². The molecular formula is C15H18N2. The summed E-state index contributed by atoms with van der Waals surface area (Å²) in [5.74, 6) is 0. The van der Waals surface area contributed by atoms with Crippen molar-refractivity contribution in [2.24, 2.45) is 0 Å². The zero-order chi connectivity index (χ0) is 12.1. The molecule has 2 nitrogen and oxygen atoms in total. The molecule has 17 heavy (non-hydrogen) atoms. The first-order valence-electron chi connectivity index (χ1n) is 6.01. The fourth-order valence-corrected chi connectivity index (χ4v) is 1.75. The van der Waals surface area contributed by atoms with E-state index in [0.717, 1.165) is 12.1 Å². The Labute approximate surface area is 102 Å². The Hall–Kier alpha value is -1.67. The Kier molecular flexibility index (Phi) is 3.89. The van der Waals surface area contributed by atoms with Gasteiger partial charge >= 0.3 is 0 Å². The molecule has 0 fully saturated rings. The lowest BCUT2D eigenvalue weighted by molar-refractivity contribution is 0.633. The number of rotatable bonds is 4. The van der Waals surface area contributed by atoms with Crippen LogP contribution in [0.5, 0.6) is 0 Å². The van der Waals surface area contributed by atoms with Crippen molar-refractivity contribution in [3.8, 4) is 0 Å². The number of hydrogen-bond donors (Lipinski definition) is 1. The Morgan fingerprint density at radius 1 is 1.24 bits per heavy atom. The van der Waals surface area contributed by atoms with Crippen molar-refractivity contribution in [2.75, 3.05) is 6.54 Å². The van der Waals surface area contributed by atoms with Crippen LogP contribution in [-0.2, 0) is 0 Å². The summed E-state index contributed by atoms with van der Waals surface area (Å²) in [6.45, 7) is 5.19. The van der Waals surface area contributed by atoms with Crippen molar-refractivity contribution in [3.63, 3.8) is 0 Å². The van der Waals surface area contributed by atoms with Crippen molar-refractivity contribution >= 4 is 17.0 Å². The van der Waals surface area contributed by atoms with Crippen LogP contribution in [0.3, 0.4) is 0 Å². The molecule has 1 aromatic heterocycles. The lowest BCUT2D eigenvalue weighted by Gasteiger charge is -2.04. The van der Waals surface area contributed by atoms with Crippen LogP contribution in [0.15, 0.2) is 42.6 Å². The van der Waals surface area contributed by atoms with Gasteiger partial charge in [-0.25, -0.2) is 0 Å². The Balaban J connectivity index is 2.18. The number of fused-ring (bicyclic) bond motifs is 1. The molecule has 0 aliphatic heterocycles. The number of benzene rings is 1. The molecule has 0 radical (unpaired) electrons. The maximum Gasteiger partial charge on any atom is 0.0707 e. The average molecular weight is 226 g/mol. The van der Waals surface area contributed by atoms with E-state index >= 15 is 0 Å². The molecular weight excluding hydrogens is 208 g/mol. The summed E-state index contributed by atoms with van der Waals surface area (Å²) >= 11 is 0. The molecule has 2 heteroatoms. The van der Waals surface area contributed by atoms with Gasteiger partial charge in [-0.15, -0.1) is 0 Å². The largest absolute Gasteiger partial charge is 0.311 e. The molecule has 0 bridgehead atoms. The second-order valence-electron chi connectivity index (χ2n) is 4.38. The summed E-state index contributed by atoms with van der Waals surface area (Å²) in [7, 11) is 0. The molecule has 88 valence electrons. The van der Waals surface area contributed by atoms with Crippen LogP contribution in [-0.4, -0.2) is 17.6 Å². The van der Waals surface area contributed by atoms with Crippen molar-refractivity contribution in [2.45, 2.75) is 19.9 Å². The lowest BCUT2D eigenvalue weighted by Crippen LogP contribution is -2.22. The minimum absolute atomic E-state index is 0.522. The van der Waals surface area contributed by atoms with Gasteiger partial charge in [0.1, 0.15) is 0 Å². The molecule has 1 N–H and O–H groups in total. The summed E-state index contributed by atoms with van der Waals surface area (Å²) in [4.78, 5) is 4.35. The molecule has 1 aromatic carbocycles. The second kappa shape index (κ2) is 5.60. The van der Waals surface area contributed by atoms with Gasteiger partial charge in [0.05, 0.1) is 5.52 Å². The topological polar surface area (TPSA) is 24.9 Å². The number of hydrogen-bond acceptors (Lipinski definition) is 2. The molecule has 0 saturated carbocycles. The van der Waals surface area contributed by atoms with E-state index in [0.29, 0.717) is 6.04 Å². The standard InChI is InChI=1S/C15H18N2/c1-12(2)16-10-5-6-13-9-11-17-15-8-4-3-7-14(13)15/h3-9,11-12,16H,10H2,1-2H3. The van der Waals surface area contributed by atoms with Gasteiger partial charge in [0, 0.05) is 24.2 Å². The van der Waals surface area contributed by atoms with E-state index in [4.69, 9.17) is 0 Å². The van der Waals surface area contributed by atoms with Gasteiger partial charge in [0.2, 0.25) is 0 Å². The SMILES string of the molecule is CC(C)NCC=Cc1ccnc2ccccc12. The first kappa shape index (κ1) is 11.8. The maximum atomic E-state index is 4.35. The first-order chi connectivity index (χ1) is 8.27. The maximum absolute atomic E-state index is 4.35. The third kappa shape index (κ3) is 3.14. The van der Waals surface area contributed by atoms with Crippen LogP contribution in [0, 0.1) is 0 Å². The van der Waals surface area contributed by atoms with Crippen LogP contribution in [0.1, 0.15) is 19.4 Å². The zero-order valence-corrected chi connectivity index (χ0v) is 10.4. The predicted molar refractivity (Wildman–Crippen MR) is 73.9 cm³/mol. The first-order valence-corrected chi connectivity index (χ1v) is 6.01. The number of para-hydroxylation sites is 1. The molecule has 0 saturated heterocycles. The average Bonchev–Trinajstić information content (AvgIpc) is 2.34. The van der Waals surface area contributed by atoms with Crippen molar-refractivity contribution in [1.82, 2.24) is 10.3 Å². The third-order valence-electron chi connectivity index (χ3n) is 2.62. The highest BCUT2D eigenvalue weighted by Gasteiger charge is 1.96. The normalized spacial score (nSPS) is 11.7. The number of nitrogens with zero attached hydrogens (tertiary/aromatic N) is 1. The summed E-state index contributed by atoms with van der Waals surface area (Å²) in [6, 6.07) is 10.8. The molecule has 0 unspecified atom stereocenters. The zero-order valence-electron chi connectivity index (χ0n) is 10.4. The number of nitrogens with one attached hydrogen (secondary N) is 1. The van der Waals surface area contributed by atoms with E-state index in [1.54, 1.807) is 0 Å². The highest BCUT2D eigenvalue weighted by atomic mass is 14.9. The highest BCUT2D eigenvalue weighted by molar-refractivity contribution is 5.87. The van der Waals surface area contributed by atoms with Crippen LogP contribution >= 0.6 is 0 Å². The van der Waals surface area contributed by atoms with Crippen LogP contribution in [0.2, 0.25) is 0 Å². The summed E-state index contributed by atoms with van der Waals surface area (Å²) in [5.41, 5.74) is 2.27.